The third-order valence-corrected chi connectivity index (χ3v) is 4.67. The summed E-state index contributed by atoms with van der Waals surface area (Å²) in [6.45, 7) is 11.3. The molecule has 0 aromatic heterocycles. The smallest absolute Gasteiger partial charge is 0.374 e. The molecule has 0 bridgehead atoms. The molecule has 0 radical (unpaired) electrons. The van der Waals surface area contributed by atoms with Gasteiger partial charge in [0.2, 0.25) is 0 Å². The number of nitrogens with zero attached hydrogens (tertiary/aromatic N) is 2. The van der Waals surface area contributed by atoms with Crippen LogP contribution in [0.25, 0.3) is 5.57 Å². The van der Waals surface area contributed by atoms with Crippen LogP contribution in [0, 0.1) is 0 Å². The lowest BCUT2D eigenvalue weighted by atomic mass is 9.92. The molecule has 0 fully saturated rings. The van der Waals surface area contributed by atoms with Gasteiger partial charge in [0.1, 0.15) is 0 Å². The van der Waals surface area contributed by atoms with Crippen molar-refractivity contribution in [1.82, 2.24) is 10.4 Å². The summed E-state index contributed by atoms with van der Waals surface area (Å²) < 4.78 is 41.0. The Morgan fingerprint density at radius 2 is 1.73 bits per heavy atom. The van der Waals surface area contributed by atoms with Crippen LogP contribution in [-0.4, -0.2) is 30.7 Å². The predicted molar refractivity (Wildman–Crippen MR) is 102 cm³/mol. The molecule has 0 saturated heterocycles. The molecule has 0 unspecified atom stereocenters. The number of hydrogen-bond acceptors (Lipinski definition) is 3. The van der Waals surface area contributed by atoms with Crippen LogP contribution in [0.4, 0.5) is 18.9 Å². The number of hydrazine groups is 1. The standard InChI is InChI=1S/C18H24F3N3.C2H6/c1-17(2,3)24-11-13(10-22-24)14-8-12-6-5-7-23(4)16(12)9-15(14)18(19,20)21;1-2/h8-9,11,22H,5-7,10H2,1-4H3;1-2H3. The van der Waals surface area contributed by atoms with Crippen LogP contribution in [0.1, 0.15) is 57.7 Å². The number of anilines is 1. The van der Waals surface area contributed by atoms with Gasteiger partial charge in [-0.25, -0.2) is 5.43 Å². The van der Waals surface area contributed by atoms with E-state index >= 15 is 0 Å². The lowest BCUT2D eigenvalue weighted by Crippen LogP contribution is -2.43. The van der Waals surface area contributed by atoms with Crippen molar-refractivity contribution >= 4 is 11.3 Å². The van der Waals surface area contributed by atoms with Crippen LogP contribution >= 0.6 is 0 Å². The van der Waals surface area contributed by atoms with Crippen LogP contribution in [-0.2, 0) is 12.6 Å². The number of aryl methyl sites for hydroxylation is 1. The van der Waals surface area contributed by atoms with Crippen molar-refractivity contribution < 1.29 is 13.2 Å². The zero-order valence-corrected chi connectivity index (χ0v) is 16.6. The molecule has 26 heavy (non-hydrogen) atoms. The van der Waals surface area contributed by atoms with E-state index in [4.69, 9.17) is 0 Å². The Morgan fingerprint density at radius 1 is 1.08 bits per heavy atom. The second-order valence-electron chi connectivity index (χ2n) is 7.58. The van der Waals surface area contributed by atoms with Crippen LogP contribution < -0.4 is 10.3 Å². The lowest BCUT2D eigenvalue weighted by molar-refractivity contribution is -0.137. The third kappa shape index (κ3) is 4.17. The van der Waals surface area contributed by atoms with Gasteiger partial charge in [0, 0.05) is 37.6 Å². The first-order chi connectivity index (χ1) is 12.1. The molecule has 1 aromatic carbocycles. The fourth-order valence-corrected chi connectivity index (χ4v) is 3.33. The SMILES string of the molecule is CC.CN1CCCc2cc(C3=CN(C(C)(C)C)NC3)c(C(F)(F)F)cc21. The van der Waals surface area contributed by atoms with Crippen LogP contribution in [0.5, 0.6) is 0 Å². The van der Waals surface area contributed by atoms with Gasteiger partial charge in [-0.05, 0) is 62.4 Å². The minimum Gasteiger partial charge on any atom is -0.374 e. The number of halogens is 3. The average Bonchev–Trinajstić information content (AvgIpc) is 3.05. The maximum Gasteiger partial charge on any atom is 0.417 e. The molecule has 0 amide bonds. The van der Waals surface area contributed by atoms with Gasteiger partial charge in [-0.3, -0.25) is 0 Å². The normalized spacial score (nSPS) is 17.5. The lowest BCUT2D eigenvalue weighted by Gasteiger charge is -2.31. The Morgan fingerprint density at radius 3 is 2.27 bits per heavy atom. The first-order valence-corrected chi connectivity index (χ1v) is 9.26. The minimum atomic E-state index is -4.36. The molecule has 0 aliphatic carbocycles. The molecule has 3 rings (SSSR count). The quantitative estimate of drug-likeness (QED) is 0.745. The number of alkyl halides is 3. The fraction of sp³-hybridized carbons (Fsp3) is 0.600. The molecule has 2 heterocycles. The van der Waals surface area contributed by atoms with E-state index in [1.165, 1.54) is 6.07 Å². The van der Waals surface area contributed by atoms with Gasteiger partial charge < -0.3 is 9.91 Å². The van der Waals surface area contributed by atoms with Crippen molar-refractivity contribution in [2.24, 2.45) is 0 Å². The van der Waals surface area contributed by atoms with Crippen LogP contribution in [0.2, 0.25) is 0 Å². The Hall–Kier alpha value is -1.69. The van der Waals surface area contributed by atoms with E-state index in [-0.39, 0.29) is 5.54 Å². The van der Waals surface area contributed by atoms with Crippen molar-refractivity contribution in [3.05, 3.63) is 35.0 Å². The van der Waals surface area contributed by atoms with Crippen molar-refractivity contribution in [2.45, 2.75) is 59.2 Å². The molecule has 2 aliphatic rings. The number of rotatable bonds is 1. The van der Waals surface area contributed by atoms with Gasteiger partial charge in [-0.2, -0.15) is 13.2 Å². The highest BCUT2D eigenvalue weighted by Gasteiger charge is 2.37. The van der Waals surface area contributed by atoms with E-state index in [1.54, 1.807) is 6.07 Å². The third-order valence-electron chi connectivity index (χ3n) is 4.67. The van der Waals surface area contributed by atoms with Crippen molar-refractivity contribution in [2.75, 3.05) is 25.0 Å². The Balaban J connectivity index is 0.00000117. The van der Waals surface area contributed by atoms with Gasteiger partial charge in [0.15, 0.2) is 0 Å². The molecule has 3 nitrogen and oxygen atoms in total. The topological polar surface area (TPSA) is 18.5 Å². The van der Waals surface area contributed by atoms with Gasteiger partial charge in [-0.15, -0.1) is 0 Å². The second kappa shape index (κ2) is 7.51. The first kappa shape index (κ1) is 20.6. The summed E-state index contributed by atoms with van der Waals surface area (Å²) in [5.74, 6) is 0. The number of fused-ring (bicyclic) bond motifs is 1. The van der Waals surface area contributed by atoms with Crippen LogP contribution in [0.15, 0.2) is 18.3 Å². The highest BCUT2D eigenvalue weighted by molar-refractivity contribution is 5.75. The molecular weight excluding hydrogens is 339 g/mol. The highest BCUT2D eigenvalue weighted by atomic mass is 19.4. The van der Waals surface area contributed by atoms with Crippen molar-refractivity contribution in [3.8, 4) is 0 Å². The molecule has 1 aromatic rings. The van der Waals surface area contributed by atoms with Gasteiger partial charge >= 0.3 is 6.18 Å². The largest absolute Gasteiger partial charge is 0.417 e. The van der Waals surface area contributed by atoms with Crippen molar-refractivity contribution in [3.63, 3.8) is 0 Å². The highest BCUT2D eigenvalue weighted by Crippen LogP contribution is 2.41. The summed E-state index contributed by atoms with van der Waals surface area (Å²) in [7, 11) is 1.86. The van der Waals surface area contributed by atoms with Gasteiger partial charge in [0.05, 0.1) is 5.56 Å². The number of benzene rings is 1. The van der Waals surface area contributed by atoms with E-state index in [2.05, 4.69) is 5.43 Å². The van der Waals surface area contributed by atoms with E-state index in [9.17, 15) is 13.2 Å². The molecule has 6 heteroatoms. The first-order valence-electron chi connectivity index (χ1n) is 9.26. The molecule has 0 saturated carbocycles. The Kier molecular flexibility index (Phi) is 5.95. The molecule has 146 valence electrons. The van der Waals surface area contributed by atoms with E-state index in [1.807, 2.05) is 57.8 Å². The molecule has 0 spiro atoms. The van der Waals surface area contributed by atoms with Crippen molar-refractivity contribution in [1.29, 1.82) is 0 Å². The zero-order chi connectivity index (χ0) is 19.7. The van der Waals surface area contributed by atoms with Gasteiger partial charge in [-0.1, -0.05) is 13.8 Å². The van der Waals surface area contributed by atoms with E-state index in [0.29, 0.717) is 23.4 Å². The maximum atomic E-state index is 13.7. The summed E-state index contributed by atoms with van der Waals surface area (Å²) in [4.78, 5) is 1.92. The number of nitrogens with one attached hydrogen (secondary N) is 1. The summed E-state index contributed by atoms with van der Waals surface area (Å²) in [5, 5.41) is 1.88. The Labute approximate surface area is 154 Å². The maximum absolute atomic E-state index is 13.7. The minimum absolute atomic E-state index is 0.186. The van der Waals surface area contributed by atoms with E-state index < -0.39 is 11.7 Å². The average molecular weight is 369 g/mol. The predicted octanol–water partition coefficient (Wildman–Crippen LogP) is 5.07. The molecule has 0 atom stereocenters. The molecular formula is C20H30F3N3. The molecule has 1 N–H and O–H groups in total. The summed E-state index contributed by atoms with van der Waals surface area (Å²) in [5.41, 5.74) is 5.14. The van der Waals surface area contributed by atoms with Gasteiger partial charge in [0.25, 0.3) is 0 Å². The molecule has 2 aliphatic heterocycles. The summed E-state index contributed by atoms with van der Waals surface area (Å²) in [6, 6.07) is 3.07. The number of hydrogen-bond donors (Lipinski definition) is 1. The van der Waals surface area contributed by atoms with E-state index in [0.717, 1.165) is 24.9 Å². The second-order valence-corrected chi connectivity index (χ2v) is 7.58. The zero-order valence-electron chi connectivity index (χ0n) is 16.6. The Bertz CT molecular complexity index is 672. The summed E-state index contributed by atoms with van der Waals surface area (Å²) >= 11 is 0. The summed E-state index contributed by atoms with van der Waals surface area (Å²) in [6.07, 6.45) is -0.754. The van der Waals surface area contributed by atoms with Crippen LogP contribution in [0.3, 0.4) is 0 Å². The fourth-order valence-electron chi connectivity index (χ4n) is 3.33. The monoisotopic (exact) mass is 369 g/mol.